The van der Waals surface area contributed by atoms with Crippen LogP contribution in [0.1, 0.15) is 105 Å². The summed E-state index contributed by atoms with van der Waals surface area (Å²) in [5.74, 6) is 0. The molecular weight excluding hydrogens is 1100 g/mol. The Labute approximate surface area is 523 Å². The van der Waals surface area contributed by atoms with Crippen molar-refractivity contribution in [2.75, 3.05) is 9.80 Å². The molecule has 0 aliphatic carbocycles. The molecule has 0 saturated carbocycles. The Kier molecular flexibility index (Phi) is 15.9. The van der Waals surface area contributed by atoms with Crippen LogP contribution in [0.15, 0.2) is 170 Å². The molecule has 0 amide bonds. The molecule has 0 aliphatic heterocycles. The minimum absolute atomic E-state index is 0.0822. The molecule has 0 heterocycles. The van der Waals surface area contributed by atoms with Crippen LogP contribution in [0.3, 0.4) is 0 Å². The monoisotopic (exact) mass is 1200 g/mol. The predicted octanol–water partition coefficient (Wildman–Crippen LogP) is 22.3. The summed E-state index contributed by atoms with van der Waals surface area (Å²) in [4.78, 5) is 5.40. The van der Waals surface area contributed by atoms with Crippen molar-refractivity contribution in [2.45, 2.75) is 183 Å². The van der Waals surface area contributed by atoms with Gasteiger partial charge in [0, 0.05) is 44.3 Å². The van der Waals surface area contributed by atoms with E-state index in [0.717, 1.165) is 0 Å². The second kappa shape index (κ2) is 21.8. The molecule has 86 heavy (non-hydrogen) atoms. The van der Waals surface area contributed by atoms with Crippen LogP contribution in [0, 0.1) is 0 Å². The van der Waals surface area contributed by atoms with Gasteiger partial charge in [0.1, 0.15) is 0 Å². The Morgan fingerprint density at radius 1 is 0.233 bits per heavy atom. The largest absolute Gasteiger partial charge is 0.309 e. The minimum Gasteiger partial charge on any atom is -0.309 e. The quantitative estimate of drug-likeness (QED) is 0.0941. The average Bonchev–Trinajstić information content (AvgIpc) is 0.721. The van der Waals surface area contributed by atoms with E-state index in [-0.39, 0.29) is 21.7 Å². The molecule has 0 spiro atoms. The summed E-state index contributed by atoms with van der Waals surface area (Å²) in [6.45, 7) is 58.7. The molecule has 10 rings (SSSR count). The van der Waals surface area contributed by atoms with Crippen molar-refractivity contribution in [3.8, 4) is 11.1 Å². The van der Waals surface area contributed by atoms with Gasteiger partial charge in [-0.15, -0.1) is 0 Å². The highest BCUT2D eigenvalue weighted by atomic mass is 28.3. The molecule has 0 atom stereocenters. The Hall–Kier alpha value is -6.29. The molecule has 10 aromatic rings. The Morgan fingerprint density at radius 2 is 0.419 bits per heavy atom. The predicted molar refractivity (Wildman–Crippen MR) is 398 cm³/mol. The second-order valence-electron chi connectivity index (χ2n) is 33.4. The summed E-state index contributed by atoms with van der Waals surface area (Å²) < 4.78 is 0. The lowest BCUT2D eigenvalue weighted by atomic mass is 9.80. The molecule has 0 unspecified atom stereocenters. The van der Waals surface area contributed by atoms with Gasteiger partial charge in [0.25, 0.3) is 0 Å². The topological polar surface area (TPSA) is 6.48 Å². The number of hydrogen-bond donors (Lipinski definition) is 0. The third-order valence-corrected chi connectivity index (χ3v) is 26.2. The van der Waals surface area contributed by atoms with Crippen LogP contribution in [-0.2, 0) is 21.7 Å². The van der Waals surface area contributed by atoms with Gasteiger partial charge in [0.2, 0.25) is 0 Å². The molecule has 6 heteroatoms. The fourth-order valence-corrected chi connectivity index (χ4v) is 17.4. The van der Waals surface area contributed by atoms with Crippen LogP contribution in [0.2, 0.25) is 78.6 Å². The van der Waals surface area contributed by atoms with Crippen LogP contribution < -0.4 is 30.5 Å². The van der Waals surface area contributed by atoms with Crippen molar-refractivity contribution < 1.29 is 0 Å². The van der Waals surface area contributed by atoms with Crippen LogP contribution in [0.25, 0.3) is 54.2 Å². The number of anilines is 6. The SMILES string of the molecule is CC(C)(C)c1cc(N(c2cc([Si](C)(C)C)cc([Si](C)(C)C)c2)c2c3ccccc3c(-c3c4ccccc4c(N(c4cc(C(C)(C)C)cc(C(C)(C)C)c4)c4cc([Si](C)(C)C)cc([Si](C)(C)C)c4)c4ccccc34)c3ccccc23)cc(C(C)(C)C)c1. The fraction of sp³-hybridized carbons (Fsp3) is 0.350. The molecule has 0 saturated heterocycles. The smallest absolute Gasteiger partial charge is 0.0776 e. The van der Waals surface area contributed by atoms with Crippen LogP contribution in [0.5, 0.6) is 0 Å². The summed E-state index contributed by atoms with van der Waals surface area (Å²) >= 11 is 0. The van der Waals surface area contributed by atoms with Gasteiger partial charge in [0.15, 0.2) is 0 Å². The standard InChI is InChI=1S/C80H100N2Si4/c1-77(2,3)53-41-54(78(4,5)6)44-57(43-53)81(59-47-61(83(13,14)15)51-62(48-59)84(16,17)18)75-69-37-29-25-33-65(69)73(66-34-26-30-38-70(66)75)74-67-35-27-31-39-71(67)76(72-40-32-28-36-68(72)74)82(58-45-55(79(7,8)9)42-56(46-58)80(10,11)12)60-49-63(85(19,20)21)52-64(50-60)86(22,23)24/h25-52H,1-24H3. The molecule has 0 aromatic heterocycles. The second-order valence-corrected chi connectivity index (χ2v) is 53.7. The van der Waals surface area contributed by atoms with E-state index < -0.39 is 32.3 Å². The zero-order valence-electron chi connectivity index (χ0n) is 57.1. The molecule has 446 valence electrons. The molecule has 0 radical (unpaired) electrons. The normalized spacial score (nSPS) is 13.3. The van der Waals surface area contributed by atoms with Crippen molar-refractivity contribution in [1.29, 1.82) is 0 Å². The Bertz CT molecular complexity index is 3590. The first kappa shape index (κ1) is 62.7. The van der Waals surface area contributed by atoms with Crippen molar-refractivity contribution in [2.24, 2.45) is 0 Å². The zero-order valence-corrected chi connectivity index (χ0v) is 61.1. The fourth-order valence-electron chi connectivity index (χ4n) is 12.5. The Morgan fingerprint density at radius 3 is 0.605 bits per heavy atom. The molecule has 0 fully saturated rings. The van der Waals surface area contributed by atoms with Gasteiger partial charge >= 0.3 is 0 Å². The van der Waals surface area contributed by atoms with Crippen LogP contribution >= 0.6 is 0 Å². The Balaban J connectivity index is 1.39. The first-order valence-corrected chi connectivity index (χ1v) is 45.8. The van der Waals surface area contributed by atoms with E-state index in [1.165, 1.54) is 131 Å². The maximum absolute atomic E-state index is 2.70. The molecule has 2 nitrogen and oxygen atoms in total. The van der Waals surface area contributed by atoms with E-state index in [9.17, 15) is 0 Å². The van der Waals surface area contributed by atoms with Gasteiger partial charge < -0.3 is 9.80 Å². The highest BCUT2D eigenvalue weighted by Gasteiger charge is 2.34. The first-order valence-electron chi connectivity index (χ1n) is 31.8. The maximum atomic E-state index is 2.70. The van der Waals surface area contributed by atoms with E-state index >= 15 is 0 Å². The lowest BCUT2D eigenvalue weighted by molar-refractivity contribution is 0.568. The summed E-state index contributed by atoms with van der Waals surface area (Å²) in [6, 6.07) is 68.1. The third-order valence-electron chi connectivity index (χ3n) is 18.1. The lowest BCUT2D eigenvalue weighted by Gasteiger charge is -2.35. The summed E-state index contributed by atoms with van der Waals surface area (Å²) in [5.41, 5.74) is 15.0. The van der Waals surface area contributed by atoms with Gasteiger partial charge in [-0.25, -0.2) is 0 Å². The molecule has 0 bridgehead atoms. The zero-order chi connectivity index (χ0) is 62.8. The van der Waals surface area contributed by atoms with Crippen LogP contribution in [0.4, 0.5) is 34.1 Å². The number of nitrogens with zero attached hydrogens (tertiary/aromatic N) is 2. The number of fused-ring (bicyclic) bond motifs is 4. The van der Waals surface area contributed by atoms with E-state index in [0.29, 0.717) is 0 Å². The number of benzene rings is 10. The first-order chi connectivity index (χ1) is 39.7. The van der Waals surface area contributed by atoms with Crippen molar-refractivity contribution >= 4 is 130 Å². The number of hydrogen-bond acceptors (Lipinski definition) is 2. The highest BCUT2D eigenvalue weighted by molar-refractivity contribution is 6.92. The average molecular weight is 1200 g/mol. The van der Waals surface area contributed by atoms with Crippen LogP contribution in [-0.4, -0.2) is 32.3 Å². The summed E-state index contributed by atoms with van der Waals surface area (Å²) in [5, 5.41) is 15.9. The van der Waals surface area contributed by atoms with Gasteiger partial charge in [-0.3, -0.25) is 0 Å². The van der Waals surface area contributed by atoms with Gasteiger partial charge in [-0.2, -0.15) is 0 Å². The highest BCUT2D eigenvalue weighted by Crippen LogP contribution is 2.54. The minimum atomic E-state index is -1.82. The summed E-state index contributed by atoms with van der Waals surface area (Å²) in [7, 11) is -7.29. The van der Waals surface area contributed by atoms with Crippen molar-refractivity contribution in [1.82, 2.24) is 0 Å². The van der Waals surface area contributed by atoms with E-state index in [4.69, 9.17) is 0 Å². The lowest BCUT2D eigenvalue weighted by Crippen LogP contribution is -2.45. The van der Waals surface area contributed by atoms with E-state index in [1.54, 1.807) is 0 Å². The van der Waals surface area contributed by atoms with Gasteiger partial charge in [-0.1, -0.05) is 304 Å². The molecule has 10 aromatic carbocycles. The van der Waals surface area contributed by atoms with Crippen molar-refractivity contribution in [3.63, 3.8) is 0 Å². The summed E-state index contributed by atoms with van der Waals surface area (Å²) in [6.07, 6.45) is 0. The maximum Gasteiger partial charge on any atom is 0.0776 e. The number of rotatable bonds is 11. The molecule has 0 N–H and O–H groups in total. The van der Waals surface area contributed by atoms with Crippen molar-refractivity contribution in [3.05, 3.63) is 192 Å². The van der Waals surface area contributed by atoms with E-state index in [2.05, 4.69) is 341 Å². The third kappa shape index (κ3) is 12.2. The molecule has 0 aliphatic rings. The van der Waals surface area contributed by atoms with E-state index in [1.807, 2.05) is 0 Å². The van der Waals surface area contributed by atoms with Gasteiger partial charge in [0.05, 0.1) is 43.7 Å². The van der Waals surface area contributed by atoms with Gasteiger partial charge in [-0.05, 0) is 125 Å². The molecular formula is C80H100N2Si4.